The zero-order valence-electron chi connectivity index (χ0n) is 14.7. The fraction of sp³-hybridized carbons (Fsp3) is 0.350. The predicted octanol–water partition coefficient (Wildman–Crippen LogP) is 3.11. The third-order valence-electron chi connectivity index (χ3n) is 4.89. The first-order valence-corrected chi connectivity index (χ1v) is 8.77. The number of fused-ring (bicyclic) bond motifs is 1. The highest BCUT2D eigenvalue weighted by molar-refractivity contribution is 5.87. The normalized spacial score (nSPS) is 14.4. The number of amides is 1. The summed E-state index contributed by atoms with van der Waals surface area (Å²) in [7, 11) is 1.90. The highest BCUT2D eigenvalue weighted by Crippen LogP contribution is 2.25. The maximum atomic E-state index is 12.4. The van der Waals surface area contributed by atoms with Crippen molar-refractivity contribution in [2.24, 2.45) is 7.05 Å². The minimum atomic E-state index is 0.231. The van der Waals surface area contributed by atoms with Crippen molar-refractivity contribution in [3.63, 3.8) is 0 Å². The Bertz CT molecular complexity index is 938. The Balaban J connectivity index is 1.64. The second-order valence-corrected chi connectivity index (χ2v) is 6.84. The summed E-state index contributed by atoms with van der Waals surface area (Å²) in [6, 6.07) is 8.24. The van der Waals surface area contributed by atoms with Crippen LogP contribution in [0.1, 0.15) is 24.0 Å². The summed E-state index contributed by atoms with van der Waals surface area (Å²) in [5, 5.41) is 5.33. The molecule has 3 aromatic rings. The molecule has 1 aliphatic heterocycles. The number of nitrogens with zero attached hydrogens (tertiary/aromatic N) is 4. The third kappa shape index (κ3) is 3.14. The van der Waals surface area contributed by atoms with Gasteiger partial charge in [0.15, 0.2) is 0 Å². The molecule has 4 rings (SSSR count). The van der Waals surface area contributed by atoms with Crippen LogP contribution in [0.4, 0.5) is 0 Å². The SMILES string of the molecule is Cc1cc(-c2cnn(C)c2)nc2ccc(CC(=O)N3CCCC3)cc12. The van der Waals surface area contributed by atoms with Crippen molar-refractivity contribution in [1.29, 1.82) is 0 Å². The molecule has 5 heteroatoms. The van der Waals surface area contributed by atoms with Gasteiger partial charge in [0.05, 0.1) is 23.8 Å². The molecule has 1 fully saturated rings. The summed E-state index contributed by atoms with van der Waals surface area (Å²) in [5.74, 6) is 0.231. The van der Waals surface area contributed by atoms with E-state index < -0.39 is 0 Å². The van der Waals surface area contributed by atoms with E-state index >= 15 is 0 Å². The molecule has 3 heterocycles. The molecule has 0 atom stereocenters. The standard InChI is InChI=1S/C20H22N4O/c1-14-9-19(16-12-21-23(2)13-16)22-18-6-5-15(10-17(14)18)11-20(25)24-7-3-4-8-24/h5-6,9-10,12-13H,3-4,7-8,11H2,1-2H3. The molecule has 0 aliphatic carbocycles. The lowest BCUT2D eigenvalue weighted by Gasteiger charge is -2.15. The number of rotatable bonds is 3. The van der Waals surface area contributed by atoms with Crippen LogP contribution < -0.4 is 0 Å². The molecule has 0 spiro atoms. The molecule has 1 amide bonds. The molecule has 1 aliphatic rings. The van der Waals surface area contributed by atoms with Crippen molar-refractivity contribution in [2.75, 3.05) is 13.1 Å². The van der Waals surface area contributed by atoms with Crippen LogP contribution in [0, 0.1) is 6.92 Å². The average Bonchev–Trinajstić information content (AvgIpc) is 3.27. The van der Waals surface area contributed by atoms with E-state index in [0.29, 0.717) is 6.42 Å². The Morgan fingerprint density at radius 1 is 1.20 bits per heavy atom. The molecule has 2 aromatic heterocycles. The molecule has 1 aromatic carbocycles. The van der Waals surface area contributed by atoms with Crippen molar-refractivity contribution in [3.8, 4) is 11.3 Å². The van der Waals surface area contributed by atoms with E-state index in [-0.39, 0.29) is 5.91 Å². The number of benzene rings is 1. The first kappa shape index (κ1) is 15.8. The van der Waals surface area contributed by atoms with Crippen molar-refractivity contribution in [3.05, 3.63) is 47.8 Å². The number of hydrogen-bond donors (Lipinski definition) is 0. The van der Waals surface area contributed by atoms with Crippen LogP contribution in [0.2, 0.25) is 0 Å². The molecular weight excluding hydrogens is 312 g/mol. The van der Waals surface area contributed by atoms with E-state index in [0.717, 1.165) is 53.7 Å². The number of carbonyl (C=O) groups is 1. The summed E-state index contributed by atoms with van der Waals surface area (Å²) in [4.78, 5) is 19.1. The zero-order chi connectivity index (χ0) is 17.4. The highest BCUT2D eigenvalue weighted by atomic mass is 16.2. The van der Waals surface area contributed by atoms with E-state index in [1.54, 1.807) is 4.68 Å². The van der Waals surface area contributed by atoms with Gasteiger partial charge in [-0.1, -0.05) is 6.07 Å². The predicted molar refractivity (Wildman–Crippen MR) is 98.2 cm³/mol. The molecule has 0 unspecified atom stereocenters. The monoisotopic (exact) mass is 334 g/mol. The van der Waals surface area contributed by atoms with E-state index in [9.17, 15) is 4.79 Å². The van der Waals surface area contributed by atoms with Crippen LogP contribution in [0.25, 0.3) is 22.2 Å². The number of aryl methyl sites for hydroxylation is 2. The van der Waals surface area contributed by atoms with Gasteiger partial charge in [-0.15, -0.1) is 0 Å². The summed E-state index contributed by atoms with van der Waals surface area (Å²) < 4.78 is 1.78. The average molecular weight is 334 g/mol. The Labute approximate surface area is 147 Å². The van der Waals surface area contributed by atoms with E-state index in [2.05, 4.69) is 24.2 Å². The minimum absolute atomic E-state index is 0.231. The van der Waals surface area contributed by atoms with Crippen LogP contribution in [0.5, 0.6) is 0 Å². The van der Waals surface area contributed by atoms with Crippen LogP contribution in [0.15, 0.2) is 36.7 Å². The second-order valence-electron chi connectivity index (χ2n) is 6.84. The number of carbonyl (C=O) groups excluding carboxylic acids is 1. The van der Waals surface area contributed by atoms with Crippen molar-refractivity contribution in [2.45, 2.75) is 26.2 Å². The Morgan fingerprint density at radius 2 is 2.00 bits per heavy atom. The summed E-state index contributed by atoms with van der Waals surface area (Å²) in [6.07, 6.45) is 6.53. The molecule has 1 saturated heterocycles. The molecule has 5 nitrogen and oxygen atoms in total. The molecule has 128 valence electrons. The van der Waals surface area contributed by atoms with E-state index in [1.807, 2.05) is 36.5 Å². The molecule has 0 radical (unpaired) electrons. The van der Waals surface area contributed by atoms with Gasteiger partial charge in [-0.2, -0.15) is 5.10 Å². The summed E-state index contributed by atoms with van der Waals surface area (Å²) >= 11 is 0. The maximum absolute atomic E-state index is 12.4. The van der Waals surface area contributed by atoms with Gasteiger partial charge in [0, 0.05) is 37.3 Å². The van der Waals surface area contributed by atoms with Gasteiger partial charge in [-0.25, -0.2) is 4.98 Å². The van der Waals surface area contributed by atoms with Crippen molar-refractivity contribution >= 4 is 16.8 Å². The van der Waals surface area contributed by atoms with Gasteiger partial charge in [-0.3, -0.25) is 9.48 Å². The number of hydrogen-bond acceptors (Lipinski definition) is 3. The van der Waals surface area contributed by atoms with Gasteiger partial charge in [0.25, 0.3) is 0 Å². The lowest BCUT2D eigenvalue weighted by Crippen LogP contribution is -2.29. The van der Waals surface area contributed by atoms with E-state index in [1.165, 1.54) is 5.56 Å². The second kappa shape index (κ2) is 6.31. The summed E-state index contributed by atoms with van der Waals surface area (Å²) in [6.45, 7) is 3.90. The molecule has 0 N–H and O–H groups in total. The molecule has 0 bridgehead atoms. The lowest BCUT2D eigenvalue weighted by molar-refractivity contribution is -0.129. The topological polar surface area (TPSA) is 51.0 Å². The van der Waals surface area contributed by atoms with Crippen molar-refractivity contribution < 1.29 is 4.79 Å². The fourth-order valence-corrected chi connectivity index (χ4v) is 3.51. The van der Waals surface area contributed by atoms with Gasteiger partial charge in [0.1, 0.15) is 0 Å². The first-order valence-electron chi connectivity index (χ1n) is 8.77. The Hall–Kier alpha value is -2.69. The Kier molecular flexibility index (Phi) is 3.99. The molecule has 0 saturated carbocycles. The Morgan fingerprint density at radius 3 is 2.72 bits per heavy atom. The molecule has 25 heavy (non-hydrogen) atoms. The minimum Gasteiger partial charge on any atom is -0.342 e. The smallest absolute Gasteiger partial charge is 0.226 e. The zero-order valence-corrected chi connectivity index (χ0v) is 14.7. The van der Waals surface area contributed by atoms with Crippen molar-refractivity contribution in [1.82, 2.24) is 19.7 Å². The maximum Gasteiger partial charge on any atom is 0.226 e. The first-order chi connectivity index (χ1) is 12.1. The lowest BCUT2D eigenvalue weighted by atomic mass is 10.0. The van der Waals surface area contributed by atoms with Gasteiger partial charge in [0.2, 0.25) is 5.91 Å². The van der Waals surface area contributed by atoms with Crippen LogP contribution in [0.3, 0.4) is 0 Å². The highest BCUT2D eigenvalue weighted by Gasteiger charge is 2.18. The van der Waals surface area contributed by atoms with Gasteiger partial charge in [-0.05, 0) is 49.1 Å². The number of pyridine rings is 1. The van der Waals surface area contributed by atoms with Gasteiger partial charge >= 0.3 is 0 Å². The van der Waals surface area contributed by atoms with E-state index in [4.69, 9.17) is 4.98 Å². The van der Waals surface area contributed by atoms with Crippen LogP contribution >= 0.6 is 0 Å². The van der Waals surface area contributed by atoms with Crippen LogP contribution in [-0.4, -0.2) is 38.7 Å². The fourth-order valence-electron chi connectivity index (χ4n) is 3.51. The largest absolute Gasteiger partial charge is 0.342 e. The number of likely N-dealkylation sites (tertiary alicyclic amines) is 1. The molecular formula is C20H22N4O. The quantitative estimate of drug-likeness (QED) is 0.739. The van der Waals surface area contributed by atoms with Gasteiger partial charge < -0.3 is 4.90 Å². The van der Waals surface area contributed by atoms with Crippen LogP contribution in [-0.2, 0) is 18.3 Å². The number of aromatic nitrogens is 3. The third-order valence-corrected chi connectivity index (χ3v) is 4.89. The summed E-state index contributed by atoms with van der Waals surface area (Å²) in [5.41, 5.74) is 5.12.